The van der Waals surface area contributed by atoms with Crippen LogP contribution in [0, 0.1) is 0 Å². The number of benzene rings is 1. The molecule has 0 radical (unpaired) electrons. The zero-order chi connectivity index (χ0) is 19.1. The Hall–Kier alpha value is -0.540. The normalized spacial score (nSPS) is 12.4. The van der Waals surface area contributed by atoms with Gasteiger partial charge in [-0.05, 0) is 31.9 Å². The van der Waals surface area contributed by atoms with Gasteiger partial charge in [0, 0.05) is 6.42 Å². The Morgan fingerprint density at radius 1 is 0.815 bits per heavy atom. The Morgan fingerprint density at radius 2 is 1.33 bits per heavy atom. The molecular formula is C24H44BrNO. The lowest BCUT2D eigenvalue weighted by molar-refractivity contribution is -0.913. The lowest BCUT2D eigenvalue weighted by atomic mass is 10.1. The number of ether oxygens (including phenoxy) is 1. The quantitative estimate of drug-likeness (QED) is 0.279. The van der Waals surface area contributed by atoms with Gasteiger partial charge in [-0.15, -0.1) is 0 Å². The number of nitrogens with zero attached hydrogens (tertiary/aromatic N) is 1. The maximum absolute atomic E-state index is 5.87. The van der Waals surface area contributed by atoms with Crippen LogP contribution in [0.3, 0.4) is 0 Å². The second-order valence-corrected chi connectivity index (χ2v) is 8.48. The van der Waals surface area contributed by atoms with Crippen molar-refractivity contribution in [2.45, 2.75) is 90.5 Å². The summed E-state index contributed by atoms with van der Waals surface area (Å²) in [5.41, 5.74) is 0. The van der Waals surface area contributed by atoms with Gasteiger partial charge in [0.15, 0.2) is 0 Å². The van der Waals surface area contributed by atoms with Gasteiger partial charge in [-0.2, -0.15) is 0 Å². The highest BCUT2D eigenvalue weighted by atomic mass is 79.9. The fourth-order valence-electron chi connectivity index (χ4n) is 3.44. The molecular weight excluding hydrogens is 398 g/mol. The first-order valence-corrected chi connectivity index (χ1v) is 11.1. The summed E-state index contributed by atoms with van der Waals surface area (Å²) < 4.78 is 6.97. The molecule has 158 valence electrons. The highest BCUT2D eigenvalue weighted by molar-refractivity contribution is 5.20. The first-order chi connectivity index (χ1) is 12.6. The maximum atomic E-state index is 5.87. The second-order valence-electron chi connectivity index (χ2n) is 8.48. The summed E-state index contributed by atoms with van der Waals surface area (Å²) in [6.07, 6.45) is 15.2. The number of para-hydroxylation sites is 1. The van der Waals surface area contributed by atoms with Crippen LogP contribution < -0.4 is 21.7 Å². The molecule has 1 aromatic carbocycles. The van der Waals surface area contributed by atoms with E-state index in [2.05, 4.69) is 27.9 Å². The minimum Gasteiger partial charge on any atom is -1.00 e. The van der Waals surface area contributed by atoms with E-state index in [4.69, 9.17) is 4.74 Å². The summed E-state index contributed by atoms with van der Waals surface area (Å²) in [6, 6.07) is 10.8. The van der Waals surface area contributed by atoms with E-state index in [1.165, 1.54) is 70.8 Å². The van der Waals surface area contributed by atoms with Crippen LogP contribution in [0.2, 0.25) is 0 Å². The van der Waals surface area contributed by atoms with Gasteiger partial charge in [0.2, 0.25) is 0 Å². The van der Waals surface area contributed by atoms with Crippen molar-refractivity contribution in [3.05, 3.63) is 30.3 Å². The van der Waals surface area contributed by atoms with Crippen LogP contribution >= 0.6 is 0 Å². The zero-order valence-electron chi connectivity index (χ0n) is 18.4. The first-order valence-electron chi connectivity index (χ1n) is 11.1. The van der Waals surface area contributed by atoms with Gasteiger partial charge in [0.25, 0.3) is 0 Å². The predicted octanol–water partition coefficient (Wildman–Crippen LogP) is 3.85. The summed E-state index contributed by atoms with van der Waals surface area (Å²) in [5, 5.41) is 0. The molecule has 0 bridgehead atoms. The molecule has 1 rings (SSSR count). The van der Waals surface area contributed by atoms with Crippen molar-refractivity contribution in [1.82, 2.24) is 0 Å². The van der Waals surface area contributed by atoms with E-state index in [1.54, 1.807) is 0 Å². The minimum absolute atomic E-state index is 0. The molecule has 1 atom stereocenters. The van der Waals surface area contributed by atoms with Gasteiger partial charge in [-0.3, -0.25) is 0 Å². The minimum atomic E-state index is 0. The van der Waals surface area contributed by atoms with E-state index in [-0.39, 0.29) is 17.0 Å². The third kappa shape index (κ3) is 13.3. The van der Waals surface area contributed by atoms with Crippen LogP contribution in [0.1, 0.15) is 84.5 Å². The standard InChI is InChI=1S/C24H44NO.BrH/c1-5-6-7-8-9-10-11-12-13-17-21-25(3,4)23(2)20-22-26-24-18-15-14-16-19-24;/h14-16,18-19,23H,5-13,17,20-22H2,1-4H3;1H/q+1;/p-1. The van der Waals surface area contributed by atoms with E-state index in [0.717, 1.165) is 23.3 Å². The summed E-state index contributed by atoms with van der Waals surface area (Å²) in [6.45, 7) is 6.75. The molecule has 3 heteroatoms. The number of hydrogen-bond donors (Lipinski definition) is 0. The molecule has 2 nitrogen and oxygen atoms in total. The molecule has 0 aliphatic heterocycles. The lowest BCUT2D eigenvalue weighted by Crippen LogP contribution is -3.00. The Bertz CT molecular complexity index is 435. The maximum Gasteiger partial charge on any atom is 0.119 e. The highest BCUT2D eigenvalue weighted by Crippen LogP contribution is 2.16. The van der Waals surface area contributed by atoms with Gasteiger partial charge in [-0.25, -0.2) is 0 Å². The zero-order valence-corrected chi connectivity index (χ0v) is 20.0. The smallest absolute Gasteiger partial charge is 0.119 e. The molecule has 27 heavy (non-hydrogen) atoms. The van der Waals surface area contributed by atoms with Gasteiger partial charge in [0.1, 0.15) is 5.75 Å². The highest BCUT2D eigenvalue weighted by Gasteiger charge is 2.23. The average Bonchev–Trinajstić information content (AvgIpc) is 2.64. The fraction of sp³-hybridized carbons (Fsp3) is 0.750. The van der Waals surface area contributed by atoms with Crippen molar-refractivity contribution in [2.75, 3.05) is 27.2 Å². The van der Waals surface area contributed by atoms with Crippen molar-refractivity contribution >= 4 is 0 Å². The van der Waals surface area contributed by atoms with E-state index < -0.39 is 0 Å². The topological polar surface area (TPSA) is 9.23 Å². The van der Waals surface area contributed by atoms with Crippen molar-refractivity contribution < 1.29 is 26.2 Å². The SMILES string of the molecule is CCCCCCCCCCCC[N+](C)(C)C(C)CCOc1ccccc1.[Br-]. The second kappa shape index (κ2) is 16.4. The molecule has 0 N–H and O–H groups in total. The summed E-state index contributed by atoms with van der Waals surface area (Å²) in [7, 11) is 4.75. The molecule has 1 aromatic rings. The molecule has 0 aliphatic rings. The summed E-state index contributed by atoms with van der Waals surface area (Å²) in [5.74, 6) is 0.986. The Kier molecular flexibility index (Phi) is 16.1. The van der Waals surface area contributed by atoms with Gasteiger partial charge in [-0.1, -0.05) is 76.5 Å². The number of rotatable bonds is 16. The fourth-order valence-corrected chi connectivity index (χ4v) is 3.44. The van der Waals surface area contributed by atoms with Crippen LogP contribution in [0.15, 0.2) is 30.3 Å². The third-order valence-electron chi connectivity index (χ3n) is 5.83. The molecule has 0 amide bonds. The average molecular weight is 443 g/mol. The van der Waals surface area contributed by atoms with Crippen LogP contribution in [0.5, 0.6) is 5.75 Å². The number of unbranched alkanes of at least 4 members (excludes halogenated alkanes) is 9. The van der Waals surface area contributed by atoms with Crippen molar-refractivity contribution in [2.24, 2.45) is 0 Å². The van der Waals surface area contributed by atoms with Crippen LogP contribution in [-0.2, 0) is 0 Å². The molecule has 0 aliphatic carbocycles. The number of halogens is 1. The van der Waals surface area contributed by atoms with Crippen LogP contribution in [0.4, 0.5) is 0 Å². The van der Waals surface area contributed by atoms with Crippen LogP contribution in [-0.4, -0.2) is 37.8 Å². The Balaban J connectivity index is 0.00000676. The van der Waals surface area contributed by atoms with E-state index >= 15 is 0 Å². The number of quaternary nitrogens is 1. The molecule has 0 saturated heterocycles. The lowest BCUT2D eigenvalue weighted by Gasteiger charge is -2.36. The van der Waals surface area contributed by atoms with Crippen molar-refractivity contribution in [3.8, 4) is 5.75 Å². The molecule has 0 heterocycles. The predicted molar refractivity (Wildman–Crippen MR) is 115 cm³/mol. The molecule has 0 fully saturated rings. The third-order valence-corrected chi connectivity index (χ3v) is 5.83. The van der Waals surface area contributed by atoms with Crippen molar-refractivity contribution in [3.63, 3.8) is 0 Å². The molecule has 0 aromatic heterocycles. The van der Waals surface area contributed by atoms with Crippen molar-refractivity contribution in [1.29, 1.82) is 0 Å². The molecule has 0 spiro atoms. The Morgan fingerprint density at radius 3 is 1.89 bits per heavy atom. The summed E-state index contributed by atoms with van der Waals surface area (Å²) >= 11 is 0. The van der Waals surface area contributed by atoms with Gasteiger partial charge in [0.05, 0.1) is 33.3 Å². The number of hydrogen-bond acceptors (Lipinski definition) is 1. The Labute approximate surface area is 180 Å². The molecule has 1 unspecified atom stereocenters. The van der Waals surface area contributed by atoms with E-state index in [0.29, 0.717) is 6.04 Å². The summed E-state index contributed by atoms with van der Waals surface area (Å²) in [4.78, 5) is 0. The van der Waals surface area contributed by atoms with E-state index in [1.807, 2.05) is 30.3 Å². The van der Waals surface area contributed by atoms with Gasteiger partial charge >= 0.3 is 0 Å². The van der Waals surface area contributed by atoms with Crippen LogP contribution in [0.25, 0.3) is 0 Å². The van der Waals surface area contributed by atoms with Gasteiger partial charge < -0.3 is 26.2 Å². The monoisotopic (exact) mass is 441 g/mol. The first kappa shape index (κ1) is 26.5. The largest absolute Gasteiger partial charge is 1.00 e. The molecule has 0 saturated carbocycles. The van der Waals surface area contributed by atoms with E-state index in [9.17, 15) is 0 Å².